The lowest BCUT2D eigenvalue weighted by Gasteiger charge is -2.68. The van der Waals surface area contributed by atoms with Crippen LogP contribution in [-0.2, 0) is 14.3 Å². The Balaban J connectivity index is 1.80. The van der Waals surface area contributed by atoms with Crippen molar-refractivity contribution in [3.05, 3.63) is 24.3 Å². The summed E-state index contributed by atoms with van der Waals surface area (Å²) in [6.45, 7) is 15.7. The maximum atomic E-state index is 12.0. The average molecular weight is 639 g/mol. The Morgan fingerprint density at radius 2 is 1.69 bits per heavy atom. The van der Waals surface area contributed by atoms with Crippen LogP contribution in [0.25, 0.3) is 0 Å². The first-order valence-electron chi connectivity index (χ1n) is 16.7. The van der Waals surface area contributed by atoms with Crippen molar-refractivity contribution >= 4 is 5.97 Å². The Labute approximate surface area is 268 Å². The minimum Gasteiger partial charge on any atom is -0.481 e. The largest absolute Gasteiger partial charge is 0.481 e. The maximum absolute atomic E-state index is 12.0. The number of carbonyl (C=O) groups is 1. The number of hydrogen-bond acceptors (Lipinski definition) is 9. The van der Waals surface area contributed by atoms with Crippen molar-refractivity contribution in [2.24, 2.45) is 39.9 Å². The molecular formula is C35H58O10. The number of fused-ring (bicyclic) bond motifs is 3. The summed E-state index contributed by atoms with van der Waals surface area (Å²) < 4.78 is 12.4. The van der Waals surface area contributed by atoms with Crippen LogP contribution in [0, 0.1) is 39.9 Å². The van der Waals surface area contributed by atoms with Gasteiger partial charge in [0.25, 0.3) is 0 Å². The van der Waals surface area contributed by atoms with E-state index < -0.39 is 53.3 Å². The van der Waals surface area contributed by atoms with E-state index in [9.17, 15) is 40.5 Å². The highest BCUT2D eigenvalue weighted by molar-refractivity contribution is 5.66. The summed E-state index contributed by atoms with van der Waals surface area (Å²) in [6.07, 6.45) is 1.94. The first-order valence-corrected chi connectivity index (χ1v) is 16.7. The van der Waals surface area contributed by atoms with Crippen molar-refractivity contribution < 1.29 is 50.0 Å². The van der Waals surface area contributed by atoms with E-state index in [1.807, 2.05) is 13.0 Å². The number of aliphatic hydroxyl groups excluding tert-OH is 4. The maximum Gasteiger partial charge on any atom is 0.303 e. The number of aliphatic hydroxyl groups is 6. The lowest BCUT2D eigenvalue weighted by atomic mass is 9.37. The highest BCUT2D eigenvalue weighted by atomic mass is 16.7. The highest BCUT2D eigenvalue weighted by Gasteiger charge is 2.70. The molecule has 4 rings (SSSR count). The second-order valence-electron chi connectivity index (χ2n) is 16.1. The van der Waals surface area contributed by atoms with Crippen LogP contribution < -0.4 is 0 Å². The smallest absolute Gasteiger partial charge is 0.303 e. The molecule has 1 heterocycles. The SMILES string of the molecule is C=C(CO)C1CCC2(C)C(CC(O[C@@H]3OC[C@H](O)[C@H](O)[C@H]3O)C3C(C(C)(O)C/C=C/C(C)(C)O)CCC32C)C1(C)CCC(=O)O. The summed E-state index contributed by atoms with van der Waals surface area (Å²) >= 11 is 0. The van der Waals surface area contributed by atoms with Gasteiger partial charge >= 0.3 is 5.97 Å². The predicted molar refractivity (Wildman–Crippen MR) is 168 cm³/mol. The Bertz CT molecular complexity index is 1110. The van der Waals surface area contributed by atoms with Gasteiger partial charge in [0.05, 0.1) is 30.5 Å². The third-order valence-electron chi connectivity index (χ3n) is 12.8. The average Bonchev–Trinajstić information content (AvgIpc) is 3.32. The zero-order valence-corrected chi connectivity index (χ0v) is 28.0. The van der Waals surface area contributed by atoms with E-state index >= 15 is 0 Å². The van der Waals surface area contributed by atoms with Crippen LogP contribution in [0.5, 0.6) is 0 Å². The summed E-state index contributed by atoms with van der Waals surface area (Å²) in [6, 6.07) is 0. The monoisotopic (exact) mass is 638 g/mol. The number of carboxylic acids is 1. The van der Waals surface area contributed by atoms with Gasteiger partial charge in [-0.3, -0.25) is 4.79 Å². The number of rotatable bonds is 11. The fourth-order valence-electron chi connectivity index (χ4n) is 10.2. The molecule has 13 atom stereocenters. The zero-order chi connectivity index (χ0) is 33.8. The second-order valence-corrected chi connectivity index (χ2v) is 16.1. The van der Waals surface area contributed by atoms with E-state index in [1.54, 1.807) is 19.9 Å². The molecule has 1 saturated heterocycles. The Hall–Kier alpha value is -1.37. The topological polar surface area (TPSA) is 177 Å². The van der Waals surface area contributed by atoms with Gasteiger partial charge in [-0.1, -0.05) is 39.5 Å². The molecule has 258 valence electrons. The molecule has 0 aromatic carbocycles. The molecule has 10 heteroatoms. The quantitative estimate of drug-likeness (QED) is 0.131. The van der Waals surface area contributed by atoms with Crippen LogP contribution in [-0.4, -0.2) is 96.8 Å². The van der Waals surface area contributed by atoms with Gasteiger partial charge in [0.2, 0.25) is 0 Å². The summed E-state index contributed by atoms with van der Waals surface area (Å²) in [5, 5.41) is 73.7. The Morgan fingerprint density at radius 3 is 2.29 bits per heavy atom. The van der Waals surface area contributed by atoms with Crippen molar-refractivity contribution in [1.29, 1.82) is 0 Å². The highest BCUT2D eigenvalue weighted by Crippen LogP contribution is 2.74. The molecule has 3 saturated carbocycles. The van der Waals surface area contributed by atoms with E-state index in [4.69, 9.17) is 9.47 Å². The first kappa shape index (κ1) is 36.5. The molecular weight excluding hydrogens is 580 g/mol. The van der Waals surface area contributed by atoms with Gasteiger partial charge in [0.15, 0.2) is 6.29 Å². The van der Waals surface area contributed by atoms with E-state index in [0.29, 0.717) is 24.8 Å². The second kappa shape index (κ2) is 12.9. The van der Waals surface area contributed by atoms with Crippen LogP contribution in [0.4, 0.5) is 0 Å². The van der Waals surface area contributed by atoms with E-state index in [2.05, 4.69) is 27.4 Å². The molecule has 3 aliphatic carbocycles. The third-order valence-corrected chi connectivity index (χ3v) is 12.8. The Kier molecular flexibility index (Phi) is 10.5. The molecule has 4 aliphatic rings. The van der Waals surface area contributed by atoms with Crippen molar-refractivity contribution in [2.45, 2.75) is 135 Å². The molecule has 0 bridgehead atoms. The summed E-state index contributed by atoms with van der Waals surface area (Å²) in [7, 11) is 0. The minimum atomic E-state index is -1.48. The number of carboxylic acid groups (broad SMARTS) is 1. The van der Waals surface area contributed by atoms with Gasteiger partial charge in [-0.05, 0) is 111 Å². The van der Waals surface area contributed by atoms with Gasteiger partial charge in [-0.2, -0.15) is 0 Å². The normalized spacial score (nSPS) is 45.1. The molecule has 0 aromatic rings. The molecule has 45 heavy (non-hydrogen) atoms. The van der Waals surface area contributed by atoms with Gasteiger partial charge < -0.3 is 45.2 Å². The molecule has 0 radical (unpaired) electrons. The van der Waals surface area contributed by atoms with Crippen molar-refractivity contribution in [2.75, 3.05) is 13.2 Å². The van der Waals surface area contributed by atoms with Crippen molar-refractivity contribution in [1.82, 2.24) is 0 Å². The molecule has 4 fully saturated rings. The van der Waals surface area contributed by atoms with Crippen LogP contribution in [0.1, 0.15) is 92.9 Å². The summed E-state index contributed by atoms with van der Waals surface area (Å²) in [4.78, 5) is 11.9. The molecule has 7 N–H and O–H groups in total. The molecule has 9 unspecified atom stereocenters. The van der Waals surface area contributed by atoms with Gasteiger partial charge in [-0.25, -0.2) is 0 Å². The van der Waals surface area contributed by atoms with Gasteiger partial charge in [0, 0.05) is 6.42 Å². The van der Waals surface area contributed by atoms with Crippen LogP contribution in [0.15, 0.2) is 24.3 Å². The lowest BCUT2D eigenvalue weighted by molar-refractivity contribution is -0.312. The van der Waals surface area contributed by atoms with Gasteiger partial charge in [0.1, 0.15) is 18.3 Å². The predicted octanol–water partition coefficient (Wildman–Crippen LogP) is 3.17. The fourth-order valence-corrected chi connectivity index (χ4v) is 10.2. The van der Waals surface area contributed by atoms with Gasteiger partial charge in [-0.15, -0.1) is 0 Å². The van der Waals surface area contributed by atoms with E-state index in [0.717, 1.165) is 25.7 Å². The number of hydrogen-bond donors (Lipinski definition) is 7. The summed E-state index contributed by atoms with van der Waals surface area (Å²) in [5.41, 5.74) is -2.63. The third kappa shape index (κ3) is 6.68. The molecule has 0 spiro atoms. The molecule has 10 nitrogen and oxygen atoms in total. The Morgan fingerprint density at radius 1 is 1.04 bits per heavy atom. The lowest BCUT2D eigenvalue weighted by Crippen LogP contribution is -2.65. The number of aliphatic carboxylic acids is 1. The molecule has 1 aliphatic heterocycles. The standard InChI is InChI=1S/C35H58O10/c1-20(18-36)21-9-15-33(5)25(32(21,4)14-11-26(38)39)17-24(45-30-29(41)28(40)23(37)19-44-30)27-22(10-16-34(27,33)6)35(7,43)13-8-12-31(2,3)42/h8,12,21-25,27-30,36-37,40-43H,1,9-11,13-19H2,2-7H3,(H,38,39)/b12-8+/t21?,22?,23-,24?,25?,27?,28-,29+,30-,32?,33?,34?,35?/m0/s1. The summed E-state index contributed by atoms with van der Waals surface area (Å²) in [5.74, 6) is -1.41. The van der Waals surface area contributed by atoms with Crippen LogP contribution >= 0.6 is 0 Å². The van der Waals surface area contributed by atoms with Crippen molar-refractivity contribution in [3.8, 4) is 0 Å². The van der Waals surface area contributed by atoms with E-state index in [-0.39, 0.29) is 54.1 Å². The molecule has 0 amide bonds. The van der Waals surface area contributed by atoms with E-state index in [1.165, 1.54) is 0 Å². The van der Waals surface area contributed by atoms with Crippen LogP contribution in [0.2, 0.25) is 0 Å². The van der Waals surface area contributed by atoms with Crippen molar-refractivity contribution in [3.63, 3.8) is 0 Å². The molecule has 0 aromatic heterocycles. The zero-order valence-electron chi connectivity index (χ0n) is 28.0. The van der Waals surface area contributed by atoms with Crippen LogP contribution in [0.3, 0.4) is 0 Å². The fraction of sp³-hybridized carbons (Fsp3) is 0.857. The number of ether oxygens (including phenoxy) is 2. The minimum absolute atomic E-state index is 0.0244. The first-order chi connectivity index (χ1) is 20.7.